The van der Waals surface area contributed by atoms with Crippen molar-refractivity contribution in [1.82, 2.24) is 4.98 Å². The molecule has 1 N–H and O–H groups in total. The number of nitrogens with one attached hydrogen (secondary N) is 1. The van der Waals surface area contributed by atoms with Crippen molar-refractivity contribution in [2.45, 2.75) is 25.7 Å². The van der Waals surface area contributed by atoms with Gasteiger partial charge in [-0.15, -0.1) is 11.3 Å². The number of rotatable bonds is 2. The van der Waals surface area contributed by atoms with Crippen LogP contribution < -0.4 is 5.32 Å². The summed E-state index contributed by atoms with van der Waals surface area (Å²) in [7, 11) is 0. The fourth-order valence-corrected chi connectivity index (χ4v) is 3.58. The Morgan fingerprint density at radius 3 is 3.00 bits per heavy atom. The molecule has 2 saturated carbocycles. The van der Waals surface area contributed by atoms with E-state index in [9.17, 15) is 4.79 Å². The fraction of sp³-hybridized carbons (Fsp3) is 0.636. The molecule has 1 heterocycles. The third-order valence-electron chi connectivity index (χ3n) is 3.74. The summed E-state index contributed by atoms with van der Waals surface area (Å²) in [4.78, 5) is 16.0. The normalized spacial score (nSPS) is 33.2. The van der Waals surface area contributed by atoms with Crippen molar-refractivity contribution in [3.05, 3.63) is 11.6 Å². The molecule has 0 radical (unpaired) electrons. The number of anilines is 1. The minimum atomic E-state index is 0.192. The first kappa shape index (κ1) is 9.33. The lowest BCUT2D eigenvalue weighted by Gasteiger charge is -2.19. The first-order valence-corrected chi connectivity index (χ1v) is 6.41. The van der Waals surface area contributed by atoms with Crippen LogP contribution in [-0.2, 0) is 4.79 Å². The molecule has 2 aliphatic rings. The highest BCUT2D eigenvalue weighted by Gasteiger charge is 2.43. The van der Waals surface area contributed by atoms with Crippen LogP contribution >= 0.6 is 11.3 Å². The average Bonchev–Trinajstić information content (AvgIpc) is 2.93. The van der Waals surface area contributed by atoms with Gasteiger partial charge in [0.05, 0.1) is 0 Å². The van der Waals surface area contributed by atoms with E-state index in [4.69, 9.17) is 0 Å². The lowest BCUT2D eigenvalue weighted by atomic mass is 9.88. The van der Waals surface area contributed by atoms with E-state index in [1.165, 1.54) is 30.6 Å². The molecular weight excluding hydrogens is 208 g/mol. The molecule has 2 bridgehead atoms. The van der Waals surface area contributed by atoms with Crippen LogP contribution in [0.15, 0.2) is 11.6 Å². The molecule has 1 amide bonds. The van der Waals surface area contributed by atoms with Crippen LogP contribution in [0.2, 0.25) is 0 Å². The van der Waals surface area contributed by atoms with E-state index in [1.807, 2.05) is 5.38 Å². The summed E-state index contributed by atoms with van der Waals surface area (Å²) in [6, 6.07) is 0. The van der Waals surface area contributed by atoms with Gasteiger partial charge in [0.1, 0.15) is 0 Å². The van der Waals surface area contributed by atoms with Gasteiger partial charge >= 0.3 is 0 Å². The highest BCUT2D eigenvalue weighted by atomic mass is 32.1. The topological polar surface area (TPSA) is 42.0 Å². The van der Waals surface area contributed by atoms with E-state index in [-0.39, 0.29) is 11.8 Å². The van der Waals surface area contributed by atoms with E-state index in [2.05, 4.69) is 10.3 Å². The molecule has 15 heavy (non-hydrogen) atoms. The average molecular weight is 222 g/mol. The number of hydrogen-bond acceptors (Lipinski definition) is 3. The van der Waals surface area contributed by atoms with E-state index >= 15 is 0 Å². The zero-order valence-electron chi connectivity index (χ0n) is 8.48. The van der Waals surface area contributed by atoms with Gasteiger partial charge in [-0.1, -0.05) is 6.42 Å². The molecule has 3 nitrogen and oxygen atoms in total. The summed E-state index contributed by atoms with van der Waals surface area (Å²) in [5.41, 5.74) is 0. The second-order valence-electron chi connectivity index (χ2n) is 4.61. The fourth-order valence-electron chi connectivity index (χ4n) is 3.05. The zero-order valence-corrected chi connectivity index (χ0v) is 9.30. The van der Waals surface area contributed by atoms with Crippen molar-refractivity contribution < 1.29 is 4.79 Å². The molecule has 0 spiro atoms. The Morgan fingerprint density at radius 2 is 2.40 bits per heavy atom. The minimum Gasteiger partial charge on any atom is -0.302 e. The standard InChI is InChI=1S/C11H14N2OS/c14-10(13-11-12-3-4-15-11)9-6-7-1-2-8(9)5-7/h3-4,7-9H,1-2,5-6H2,(H,12,13,14)/t7-,8-,9-/m1/s1. The number of carbonyl (C=O) groups is 1. The van der Waals surface area contributed by atoms with Crippen LogP contribution in [0.1, 0.15) is 25.7 Å². The van der Waals surface area contributed by atoms with Crippen LogP contribution in [0.3, 0.4) is 0 Å². The predicted octanol–water partition coefficient (Wildman–Crippen LogP) is 2.52. The highest BCUT2D eigenvalue weighted by Crippen LogP contribution is 2.48. The lowest BCUT2D eigenvalue weighted by Crippen LogP contribution is -2.27. The summed E-state index contributed by atoms with van der Waals surface area (Å²) in [5.74, 6) is 1.92. The maximum atomic E-state index is 12.0. The van der Waals surface area contributed by atoms with Crippen LogP contribution in [0, 0.1) is 17.8 Å². The van der Waals surface area contributed by atoms with Crippen molar-refractivity contribution in [2.75, 3.05) is 5.32 Å². The van der Waals surface area contributed by atoms with E-state index in [0.717, 1.165) is 17.5 Å². The molecule has 0 unspecified atom stereocenters. The Hall–Kier alpha value is -0.900. The first-order valence-electron chi connectivity index (χ1n) is 5.53. The van der Waals surface area contributed by atoms with Crippen molar-refractivity contribution >= 4 is 22.4 Å². The SMILES string of the molecule is O=C(Nc1nccs1)[C@@H]1C[C@@H]2CC[C@@H]1C2. The maximum absolute atomic E-state index is 12.0. The quantitative estimate of drug-likeness (QED) is 0.835. The van der Waals surface area contributed by atoms with Crippen LogP contribution in [0.4, 0.5) is 5.13 Å². The van der Waals surface area contributed by atoms with Crippen LogP contribution in [-0.4, -0.2) is 10.9 Å². The Balaban J connectivity index is 1.66. The van der Waals surface area contributed by atoms with Crippen LogP contribution in [0.25, 0.3) is 0 Å². The third-order valence-corrected chi connectivity index (χ3v) is 4.43. The largest absolute Gasteiger partial charge is 0.302 e. The van der Waals surface area contributed by atoms with E-state index in [0.29, 0.717) is 5.92 Å². The molecule has 3 atom stereocenters. The summed E-state index contributed by atoms with van der Waals surface area (Å²) < 4.78 is 0. The van der Waals surface area contributed by atoms with Gasteiger partial charge in [0.2, 0.25) is 5.91 Å². The molecule has 3 rings (SSSR count). The van der Waals surface area contributed by atoms with Crippen LogP contribution in [0.5, 0.6) is 0 Å². The van der Waals surface area contributed by atoms with E-state index < -0.39 is 0 Å². The first-order chi connectivity index (χ1) is 7.33. The molecule has 4 heteroatoms. The molecule has 80 valence electrons. The number of hydrogen-bond donors (Lipinski definition) is 1. The Bertz CT molecular complexity index is 363. The van der Waals surface area contributed by atoms with Gasteiger partial charge in [-0.05, 0) is 31.1 Å². The lowest BCUT2D eigenvalue weighted by molar-refractivity contribution is -0.121. The van der Waals surface area contributed by atoms with Gasteiger partial charge in [0.25, 0.3) is 0 Å². The third kappa shape index (κ3) is 1.67. The predicted molar refractivity (Wildman–Crippen MR) is 59.7 cm³/mol. The molecule has 1 aromatic rings. The molecule has 0 saturated heterocycles. The Kier molecular flexibility index (Phi) is 2.24. The molecule has 0 aromatic carbocycles. The van der Waals surface area contributed by atoms with Gasteiger partial charge in [0.15, 0.2) is 5.13 Å². The maximum Gasteiger partial charge on any atom is 0.229 e. The smallest absolute Gasteiger partial charge is 0.229 e. The van der Waals surface area contributed by atoms with Crippen molar-refractivity contribution in [3.8, 4) is 0 Å². The minimum absolute atomic E-state index is 0.192. The Morgan fingerprint density at radius 1 is 1.47 bits per heavy atom. The zero-order chi connectivity index (χ0) is 10.3. The van der Waals surface area contributed by atoms with Crippen molar-refractivity contribution in [1.29, 1.82) is 0 Å². The molecular formula is C11H14N2OS. The van der Waals surface area contributed by atoms with Gasteiger partial charge in [0, 0.05) is 17.5 Å². The number of carbonyl (C=O) groups excluding carboxylic acids is 1. The second kappa shape index (κ2) is 3.59. The highest BCUT2D eigenvalue weighted by molar-refractivity contribution is 7.13. The summed E-state index contributed by atoms with van der Waals surface area (Å²) in [5, 5.41) is 5.54. The second-order valence-corrected chi connectivity index (χ2v) is 5.50. The van der Waals surface area contributed by atoms with Gasteiger partial charge < -0.3 is 5.32 Å². The monoisotopic (exact) mass is 222 g/mol. The van der Waals surface area contributed by atoms with Gasteiger partial charge in [-0.3, -0.25) is 4.79 Å². The molecule has 1 aromatic heterocycles. The number of thiazole rings is 1. The van der Waals surface area contributed by atoms with Crippen molar-refractivity contribution in [2.24, 2.45) is 17.8 Å². The number of fused-ring (bicyclic) bond motifs is 2. The number of amides is 1. The molecule has 2 fully saturated rings. The van der Waals surface area contributed by atoms with Gasteiger partial charge in [-0.25, -0.2) is 4.98 Å². The molecule has 2 aliphatic carbocycles. The van der Waals surface area contributed by atoms with Crippen molar-refractivity contribution in [3.63, 3.8) is 0 Å². The summed E-state index contributed by atoms with van der Waals surface area (Å²) in [6.45, 7) is 0. The van der Waals surface area contributed by atoms with Gasteiger partial charge in [-0.2, -0.15) is 0 Å². The number of nitrogens with zero attached hydrogens (tertiary/aromatic N) is 1. The summed E-state index contributed by atoms with van der Waals surface area (Å²) in [6.07, 6.45) is 6.69. The summed E-state index contributed by atoms with van der Waals surface area (Å²) >= 11 is 1.49. The molecule has 0 aliphatic heterocycles. The Labute approximate surface area is 92.9 Å². The van der Waals surface area contributed by atoms with E-state index in [1.54, 1.807) is 6.20 Å². The number of aromatic nitrogens is 1.